The van der Waals surface area contributed by atoms with Gasteiger partial charge in [0, 0.05) is 53.8 Å². The zero-order valence-electron chi connectivity index (χ0n) is 26.1. The summed E-state index contributed by atoms with van der Waals surface area (Å²) in [5, 5.41) is 8.07. The Labute approximate surface area is 252 Å². The number of alkyl carbamates (subject to hydrolysis) is 1. The highest BCUT2D eigenvalue weighted by molar-refractivity contribution is 5.75. The van der Waals surface area contributed by atoms with Gasteiger partial charge in [0.1, 0.15) is 24.4 Å². The fourth-order valence-electron chi connectivity index (χ4n) is 4.11. The molecule has 1 aliphatic heterocycles. The number of unbranched alkanes of at least 4 members (excludes halogenated alkanes) is 2. The van der Waals surface area contributed by atoms with Crippen molar-refractivity contribution in [3.63, 3.8) is 0 Å². The highest BCUT2D eigenvalue weighted by atomic mass is 16.7. The summed E-state index contributed by atoms with van der Waals surface area (Å²) in [6.45, 7) is 10.8. The molecule has 0 radical (unpaired) electrons. The van der Waals surface area contributed by atoms with Crippen molar-refractivity contribution in [2.75, 3.05) is 26.3 Å². The van der Waals surface area contributed by atoms with Crippen molar-refractivity contribution >= 4 is 35.8 Å². The molecule has 0 spiro atoms. The summed E-state index contributed by atoms with van der Waals surface area (Å²) in [6.07, 6.45) is -2.42. The van der Waals surface area contributed by atoms with E-state index in [1.807, 2.05) is 0 Å². The van der Waals surface area contributed by atoms with Gasteiger partial charge in [-0.1, -0.05) is 6.42 Å². The summed E-state index contributed by atoms with van der Waals surface area (Å²) in [5.41, 5.74) is -0.575. The van der Waals surface area contributed by atoms with Crippen LogP contribution in [0.4, 0.5) is 4.79 Å². The van der Waals surface area contributed by atoms with Gasteiger partial charge in [0.05, 0.1) is 0 Å². The Kier molecular flexibility index (Phi) is 16.6. The van der Waals surface area contributed by atoms with Gasteiger partial charge in [-0.05, 0) is 40.0 Å². The first-order valence-corrected chi connectivity index (χ1v) is 14.3. The van der Waals surface area contributed by atoms with Gasteiger partial charge in [-0.2, -0.15) is 0 Å². The van der Waals surface area contributed by atoms with Crippen LogP contribution < -0.4 is 16.0 Å². The number of rotatable bonds is 16. The Morgan fingerprint density at radius 3 is 1.98 bits per heavy atom. The molecule has 3 N–H and O–H groups in total. The van der Waals surface area contributed by atoms with E-state index < -0.39 is 66.2 Å². The summed E-state index contributed by atoms with van der Waals surface area (Å²) in [7, 11) is 0. The highest BCUT2D eigenvalue weighted by Gasteiger charge is 2.51. The van der Waals surface area contributed by atoms with Gasteiger partial charge in [-0.3, -0.25) is 24.0 Å². The summed E-state index contributed by atoms with van der Waals surface area (Å²) in [5.74, 6) is -2.57. The molecular weight excluding hydrogens is 570 g/mol. The smallest absolute Gasteiger partial charge is 0.407 e. The number of hydrogen-bond acceptors (Lipinski definition) is 12. The Morgan fingerprint density at radius 1 is 0.767 bits per heavy atom. The zero-order valence-corrected chi connectivity index (χ0v) is 26.1. The van der Waals surface area contributed by atoms with Gasteiger partial charge in [0.15, 0.2) is 18.5 Å². The van der Waals surface area contributed by atoms with Gasteiger partial charge >= 0.3 is 24.0 Å². The van der Waals surface area contributed by atoms with Crippen molar-refractivity contribution in [3.05, 3.63) is 0 Å². The molecule has 0 aromatic rings. The number of carbonyl (C=O) groups excluding carboxylic acids is 6. The quantitative estimate of drug-likeness (QED) is 0.128. The lowest BCUT2D eigenvalue weighted by Gasteiger charge is -2.44. The van der Waals surface area contributed by atoms with E-state index >= 15 is 0 Å². The molecule has 15 nitrogen and oxygen atoms in total. The molecule has 3 amide bonds. The minimum Gasteiger partial charge on any atom is -0.463 e. The second-order valence-corrected chi connectivity index (χ2v) is 11.0. The molecule has 0 aliphatic carbocycles. The van der Waals surface area contributed by atoms with Crippen LogP contribution in [0.1, 0.15) is 80.6 Å². The van der Waals surface area contributed by atoms with E-state index in [1.54, 1.807) is 20.8 Å². The van der Waals surface area contributed by atoms with Gasteiger partial charge in [-0.15, -0.1) is 0 Å². The Hall–Kier alpha value is -3.46. The van der Waals surface area contributed by atoms with Crippen molar-refractivity contribution in [1.82, 2.24) is 16.0 Å². The van der Waals surface area contributed by atoms with Crippen LogP contribution in [0.3, 0.4) is 0 Å². The van der Waals surface area contributed by atoms with E-state index in [0.29, 0.717) is 45.2 Å². The lowest BCUT2D eigenvalue weighted by atomic mass is 9.96. The molecule has 1 fully saturated rings. The third kappa shape index (κ3) is 16.7. The number of nitrogens with one attached hydrogen (secondary N) is 3. The number of amides is 3. The van der Waals surface area contributed by atoms with Crippen LogP contribution in [-0.2, 0) is 52.4 Å². The number of esters is 3. The fourth-order valence-corrected chi connectivity index (χ4v) is 4.11. The predicted molar refractivity (Wildman–Crippen MR) is 150 cm³/mol. The molecule has 0 bridgehead atoms. The van der Waals surface area contributed by atoms with E-state index in [2.05, 4.69) is 16.0 Å². The topological polar surface area (TPSA) is 194 Å². The number of ether oxygens (including phenoxy) is 6. The Morgan fingerprint density at radius 2 is 1.40 bits per heavy atom. The van der Waals surface area contributed by atoms with E-state index in [9.17, 15) is 28.8 Å². The minimum atomic E-state index is -1.19. The van der Waals surface area contributed by atoms with Gasteiger partial charge in [0.25, 0.3) is 0 Å². The van der Waals surface area contributed by atoms with Crippen LogP contribution in [0.2, 0.25) is 0 Å². The Balaban J connectivity index is 2.60. The molecule has 5 unspecified atom stereocenters. The second kappa shape index (κ2) is 18.9. The van der Waals surface area contributed by atoms with Crippen molar-refractivity contribution in [2.24, 2.45) is 0 Å². The molecule has 0 aromatic carbocycles. The highest BCUT2D eigenvalue weighted by Crippen LogP contribution is 2.28. The predicted octanol–water partition coefficient (Wildman–Crippen LogP) is 1.25. The average molecular weight is 618 g/mol. The molecular formula is C28H47N3O12. The van der Waals surface area contributed by atoms with Crippen LogP contribution in [0.15, 0.2) is 0 Å². The van der Waals surface area contributed by atoms with Crippen molar-refractivity contribution in [3.8, 4) is 0 Å². The van der Waals surface area contributed by atoms with Crippen LogP contribution in [0, 0.1) is 0 Å². The molecule has 0 aromatic heterocycles. The molecule has 1 aliphatic rings. The third-order valence-corrected chi connectivity index (χ3v) is 5.75. The van der Waals surface area contributed by atoms with Crippen LogP contribution in [0.5, 0.6) is 0 Å². The molecule has 5 atom stereocenters. The maximum atomic E-state index is 12.1. The average Bonchev–Trinajstić information content (AvgIpc) is 2.86. The van der Waals surface area contributed by atoms with E-state index in [0.717, 1.165) is 6.92 Å². The molecule has 43 heavy (non-hydrogen) atoms. The zero-order chi connectivity index (χ0) is 32.6. The molecule has 1 rings (SSSR count). The Bertz CT molecular complexity index is 952. The molecule has 1 saturated heterocycles. The monoisotopic (exact) mass is 617 g/mol. The van der Waals surface area contributed by atoms with Crippen LogP contribution in [-0.4, -0.2) is 98.4 Å². The van der Waals surface area contributed by atoms with Crippen molar-refractivity contribution in [2.45, 2.75) is 117 Å². The van der Waals surface area contributed by atoms with Crippen LogP contribution >= 0.6 is 0 Å². The summed E-state index contributed by atoms with van der Waals surface area (Å²) in [6, 6.07) is -1.03. The molecule has 15 heteroatoms. The third-order valence-electron chi connectivity index (χ3n) is 5.75. The van der Waals surface area contributed by atoms with E-state index in [4.69, 9.17) is 28.4 Å². The lowest BCUT2D eigenvalue weighted by molar-refractivity contribution is -0.277. The maximum Gasteiger partial charge on any atom is 0.407 e. The van der Waals surface area contributed by atoms with E-state index in [-0.39, 0.29) is 19.1 Å². The largest absolute Gasteiger partial charge is 0.463 e. The maximum absolute atomic E-state index is 12.1. The normalized spacial score (nSPS) is 21.6. The summed E-state index contributed by atoms with van der Waals surface area (Å²) in [4.78, 5) is 70.9. The van der Waals surface area contributed by atoms with Gasteiger partial charge in [-0.25, -0.2) is 4.79 Å². The molecule has 246 valence electrons. The lowest BCUT2D eigenvalue weighted by Crippen LogP contribution is -2.66. The fraction of sp³-hybridized carbons (Fsp3) is 0.786. The first kappa shape index (κ1) is 37.6. The number of hydrogen-bond donors (Lipinski definition) is 3. The number of carbonyl (C=O) groups is 6. The second-order valence-electron chi connectivity index (χ2n) is 11.0. The molecule has 1 heterocycles. The first-order chi connectivity index (χ1) is 20.1. The van der Waals surface area contributed by atoms with Gasteiger partial charge in [0.2, 0.25) is 11.8 Å². The standard InChI is InChI=1S/C28H47N3O12/c1-17(32)31-23-25(41-20(4)35)24(40-19(3)34)21(16-39-18(2)33)42-26(23)38-15-10-8-9-12-22(36)29-13-11-14-30-27(37)43-28(5,6)7/h21,23-26H,8-16H2,1-7H3,(H,29,36)(H,30,37)(H,31,32). The van der Waals surface area contributed by atoms with Crippen LogP contribution in [0.25, 0.3) is 0 Å². The summed E-state index contributed by atoms with van der Waals surface area (Å²) >= 11 is 0. The SMILES string of the molecule is CC(=O)NC1C(OCCCCCC(=O)NCCCNC(=O)OC(C)(C)C)OC(COC(C)=O)C(OC(C)=O)C1OC(C)=O. The molecule has 0 saturated carbocycles. The van der Waals surface area contributed by atoms with Crippen molar-refractivity contribution in [1.29, 1.82) is 0 Å². The first-order valence-electron chi connectivity index (χ1n) is 14.3. The van der Waals surface area contributed by atoms with Gasteiger partial charge < -0.3 is 44.4 Å². The minimum absolute atomic E-state index is 0.117. The van der Waals surface area contributed by atoms with E-state index in [1.165, 1.54) is 20.8 Å². The summed E-state index contributed by atoms with van der Waals surface area (Å²) < 4.78 is 32.8. The van der Waals surface area contributed by atoms with Crippen molar-refractivity contribution < 1.29 is 57.2 Å².